The highest BCUT2D eigenvalue weighted by molar-refractivity contribution is 5.76. The number of amides is 1. The second-order valence-electron chi connectivity index (χ2n) is 7.76. The van der Waals surface area contributed by atoms with Gasteiger partial charge < -0.3 is 15.2 Å². The lowest BCUT2D eigenvalue weighted by atomic mass is 9.73. The molecule has 130 valence electrons. The number of nitrogens with one attached hydrogen (secondary N) is 1. The highest BCUT2D eigenvalue weighted by Crippen LogP contribution is 2.34. The number of aliphatic carboxylic acids is 1. The molecule has 0 aromatic heterocycles. The normalized spacial score (nSPS) is 16.0. The second-order valence-corrected chi connectivity index (χ2v) is 7.76. The van der Waals surface area contributed by atoms with E-state index in [1.165, 1.54) is 0 Å². The average molecular weight is 315 g/mol. The minimum atomic E-state index is -0.944. The van der Waals surface area contributed by atoms with E-state index >= 15 is 0 Å². The summed E-state index contributed by atoms with van der Waals surface area (Å²) in [7, 11) is 0. The Morgan fingerprint density at radius 2 is 1.68 bits per heavy atom. The van der Waals surface area contributed by atoms with Gasteiger partial charge in [0.2, 0.25) is 0 Å². The Balaban J connectivity index is 5.05. The summed E-state index contributed by atoms with van der Waals surface area (Å²) in [4.78, 5) is 23.8. The van der Waals surface area contributed by atoms with Crippen LogP contribution >= 0.6 is 0 Å². The summed E-state index contributed by atoms with van der Waals surface area (Å²) in [6, 6.07) is 0. The third-order valence-corrected chi connectivity index (χ3v) is 3.66. The molecule has 2 atom stereocenters. The third kappa shape index (κ3) is 7.66. The maximum absolute atomic E-state index is 11.9. The minimum Gasteiger partial charge on any atom is -0.481 e. The molecule has 5 heteroatoms. The van der Waals surface area contributed by atoms with Gasteiger partial charge in [0, 0.05) is 6.54 Å². The van der Waals surface area contributed by atoms with E-state index in [0.717, 1.165) is 6.42 Å². The number of alkyl carbamates (subject to hydrolysis) is 1. The quantitative estimate of drug-likeness (QED) is 0.708. The molecule has 0 aromatic rings. The SMILES string of the molecule is CCC(C)CC(CNC(=O)OC(C)(C)C)(CC(C)C)C(=O)O. The predicted octanol–water partition coefficient (Wildman–Crippen LogP) is 4.06. The van der Waals surface area contributed by atoms with Gasteiger partial charge in [-0.15, -0.1) is 0 Å². The van der Waals surface area contributed by atoms with E-state index < -0.39 is 23.1 Å². The molecule has 2 N–H and O–H groups in total. The van der Waals surface area contributed by atoms with Gasteiger partial charge in [0.1, 0.15) is 5.60 Å². The number of rotatable bonds is 8. The molecule has 22 heavy (non-hydrogen) atoms. The first-order chi connectivity index (χ1) is 9.92. The van der Waals surface area contributed by atoms with Gasteiger partial charge in [0.15, 0.2) is 0 Å². The summed E-state index contributed by atoms with van der Waals surface area (Å²) in [6.07, 6.45) is 1.43. The smallest absolute Gasteiger partial charge is 0.407 e. The fourth-order valence-electron chi connectivity index (χ4n) is 2.63. The van der Waals surface area contributed by atoms with Crippen molar-refractivity contribution in [1.29, 1.82) is 0 Å². The molecule has 0 fully saturated rings. The average Bonchev–Trinajstić information content (AvgIpc) is 2.32. The van der Waals surface area contributed by atoms with Crippen molar-refractivity contribution in [2.24, 2.45) is 17.3 Å². The molecule has 0 rings (SSSR count). The van der Waals surface area contributed by atoms with Gasteiger partial charge in [-0.25, -0.2) is 4.79 Å². The van der Waals surface area contributed by atoms with Crippen LogP contribution in [0.2, 0.25) is 0 Å². The fourth-order valence-corrected chi connectivity index (χ4v) is 2.63. The molecule has 0 aliphatic heterocycles. The molecule has 0 aromatic carbocycles. The van der Waals surface area contributed by atoms with Crippen molar-refractivity contribution in [3.05, 3.63) is 0 Å². The van der Waals surface area contributed by atoms with E-state index in [9.17, 15) is 14.7 Å². The van der Waals surface area contributed by atoms with E-state index in [4.69, 9.17) is 4.74 Å². The molecule has 5 nitrogen and oxygen atoms in total. The number of ether oxygens (including phenoxy) is 1. The lowest BCUT2D eigenvalue weighted by molar-refractivity contribution is -0.151. The van der Waals surface area contributed by atoms with Crippen molar-refractivity contribution in [1.82, 2.24) is 5.32 Å². The van der Waals surface area contributed by atoms with Crippen LogP contribution in [0.5, 0.6) is 0 Å². The van der Waals surface area contributed by atoms with Crippen LogP contribution < -0.4 is 5.32 Å². The van der Waals surface area contributed by atoms with Crippen LogP contribution in [0.3, 0.4) is 0 Å². The van der Waals surface area contributed by atoms with Crippen molar-refractivity contribution in [3.63, 3.8) is 0 Å². The fraction of sp³-hybridized carbons (Fsp3) is 0.882. The molecule has 1 amide bonds. The highest BCUT2D eigenvalue weighted by Gasteiger charge is 2.40. The van der Waals surface area contributed by atoms with E-state index in [-0.39, 0.29) is 18.4 Å². The zero-order valence-corrected chi connectivity index (χ0v) is 15.2. The van der Waals surface area contributed by atoms with Gasteiger partial charge in [-0.3, -0.25) is 4.79 Å². The number of carbonyl (C=O) groups excluding carboxylic acids is 1. The second kappa shape index (κ2) is 8.39. The number of hydrogen-bond acceptors (Lipinski definition) is 3. The number of carboxylic acid groups (broad SMARTS) is 1. The Bertz CT molecular complexity index is 373. The molecule has 0 heterocycles. The first kappa shape index (κ1) is 20.7. The predicted molar refractivity (Wildman–Crippen MR) is 87.8 cm³/mol. The summed E-state index contributed by atoms with van der Waals surface area (Å²) in [6.45, 7) is 13.5. The van der Waals surface area contributed by atoms with Crippen LogP contribution in [0, 0.1) is 17.3 Å². The Kier molecular flexibility index (Phi) is 7.91. The van der Waals surface area contributed by atoms with Crippen molar-refractivity contribution < 1.29 is 19.4 Å². The monoisotopic (exact) mass is 315 g/mol. The number of carbonyl (C=O) groups is 2. The van der Waals surface area contributed by atoms with E-state index in [2.05, 4.69) is 5.32 Å². The molecular weight excluding hydrogens is 282 g/mol. The van der Waals surface area contributed by atoms with Crippen molar-refractivity contribution in [2.75, 3.05) is 6.54 Å². The van der Waals surface area contributed by atoms with Crippen molar-refractivity contribution >= 4 is 12.1 Å². The van der Waals surface area contributed by atoms with Crippen molar-refractivity contribution in [3.8, 4) is 0 Å². The lowest BCUT2D eigenvalue weighted by Gasteiger charge is -2.33. The standard InChI is InChI=1S/C17H33NO4/c1-8-13(4)10-17(14(19)20,9-12(2)3)11-18-15(21)22-16(5,6)7/h12-13H,8-11H2,1-7H3,(H,18,21)(H,19,20). The first-order valence-electron chi connectivity index (χ1n) is 8.12. The van der Waals surface area contributed by atoms with Gasteiger partial charge in [-0.2, -0.15) is 0 Å². The van der Waals surface area contributed by atoms with Crippen LogP contribution in [0.15, 0.2) is 0 Å². The summed E-state index contributed by atoms with van der Waals surface area (Å²) in [5.74, 6) is -0.326. The van der Waals surface area contributed by atoms with E-state index in [1.807, 2.05) is 27.7 Å². The van der Waals surface area contributed by atoms with Gasteiger partial charge in [-0.05, 0) is 45.4 Å². The van der Waals surface area contributed by atoms with Gasteiger partial charge in [0.05, 0.1) is 5.41 Å². The Hall–Kier alpha value is -1.26. The van der Waals surface area contributed by atoms with E-state index in [1.54, 1.807) is 20.8 Å². The van der Waals surface area contributed by atoms with Crippen LogP contribution in [-0.2, 0) is 9.53 Å². The molecular formula is C17H33NO4. The summed E-state index contributed by atoms with van der Waals surface area (Å²) >= 11 is 0. The topological polar surface area (TPSA) is 75.6 Å². The zero-order valence-electron chi connectivity index (χ0n) is 15.2. The first-order valence-corrected chi connectivity index (χ1v) is 8.12. The summed E-state index contributed by atoms with van der Waals surface area (Å²) < 4.78 is 5.21. The lowest BCUT2D eigenvalue weighted by Crippen LogP contribution is -2.46. The van der Waals surface area contributed by atoms with Gasteiger partial charge in [-0.1, -0.05) is 34.1 Å². The minimum absolute atomic E-state index is 0.0970. The summed E-state index contributed by atoms with van der Waals surface area (Å²) in [5, 5.41) is 12.4. The largest absolute Gasteiger partial charge is 0.481 e. The maximum atomic E-state index is 11.9. The molecule has 0 spiro atoms. The van der Waals surface area contributed by atoms with Crippen LogP contribution in [0.25, 0.3) is 0 Å². The summed E-state index contributed by atoms with van der Waals surface area (Å²) in [5.41, 5.74) is -1.54. The van der Waals surface area contributed by atoms with Gasteiger partial charge in [0.25, 0.3) is 0 Å². The van der Waals surface area contributed by atoms with Crippen LogP contribution in [0.4, 0.5) is 4.79 Å². The van der Waals surface area contributed by atoms with Crippen LogP contribution in [0.1, 0.15) is 67.7 Å². The Labute approximate surface area is 134 Å². The molecule has 0 bridgehead atoms. The van der Waals surface area contributed by atoms with Crippen LogP contribution in [-0.4, -0.2) is 29.3 Å². The molecule has 0 aliphatic rings. The van der Waals surface area contributed by atoms with Crippen molar-refractivity contribution in [2.45, 2.75) is 73.3 Å². The molecule has 0 aliphatic carbocycles. The molecule has 0 radical (unpaired) electrons. The molecule has 0 saturated heterocycles. The van der Waals surface area contributed by atoms with E-state index in [0.29, 0.717) is 12.8 Å². The Morgan fingerprint density at radius 1 is 1.14 bits per heavy atom. The third-order valence-electron chi connectivity index (χ3n) is 3.66. The van der Waals surface area contributed by atoms with Gasteiger partial charge >= 0.3 is 12.1 Å². The number of hydrogen-bond donors (Lipinski definition) is 2. The Morgan fingerprint density at radius 3 is 2.05 bits per heavy atom. The molecule has 2 unspecified atom stereocenters. The highest BCUT2D eigenvalue weighted by atomic mass is 16.6. The number of carboxylic acids is 1. The maximum Gasteiger partial charge on any atom is 0.407 e. The molecule has 0 saturated carbocycles. The zero-order chi connectivity index (χ0) is 17.6.